The van der Waals surface area contributed by atoms with Crippen LogP contribution in [-0.2, 0) is 42.9 Å². The first-order valence-corrected chi connectivity index (χ1v) is 22.9. The molecule has 4 rings (SSSR count). The lowest BCUT2D eigenvalue weighted by Crippen LogP contribution is -2.55. The van der Waals surface area contributed by atoms with Crippen LogP contribution in [0.25, 0.3) is 0 Å². The number of esters is 1. The molecule has 1 aliphatic carbocycles. The number of fused-ring (bicyclic) bond motifs is 3. The fourth-order valence-electron chi connectivity index (χ4n) is 9.43. The molecule has 2 N–H and O–H groups in total. The Morgan fingerprint density at radius 3 is 2.26 bits per heavy atom. The smallest absolute Gasteiger partial charge is 0.329 e. The summed E-state index contributed by atoms with van der Waals surface area (Å²) in [6, 6.07) is -0.984. The molecule has 12 heteroatoms. The summed E-state index contributed by atoms with van der Waals surface area (Å²) in [5.41, 5.74) is 1.50. The van der Waals surface area contributed by atoms with Gasteiger partial charge in [-0.15, -0.1) is 0 Å². The molecule has 2 bridgehead atoms. The van der Waals surface area contributed by atoms with Crippen LogP contribution < -0.4 is 0 Å². The van der Waals surface area contributed by atoms with E-state index < -0.39 is 54.0 Å². The largest absolute Gasteiger partial charge is 0.460 e. The van der Waals surface area contributed by atoms with Gasteiger partial charge in [0.1, 0.15) is 29.8 Å². The van der Waals surface area contributed by atoms with Gasteiger partial charge in [0.05, 0.1) is 30.5 Å². The second kappa shape index (κ2) is 24.5. The van der Waals surface area contributed by atoms with Crippen LogP contribution in [0.2, 0.25) is 0 Å². The minimum Gasteiger partial charge on any atom is -0.460 e. The van der Waals surface area contributed by atoms with Gasteiger partial charge in [0, 0.05) is 51.9 Å². The highest BCUT2D eigenvalue weighted by atomic mass is 16.5. The monoisotopic (exact) mass is 854 g/mol. The van der Waals surface area contributed by atoms with Gasteiger partial charge in [-0.3, -0.25) is 19.2 Å². The summed E-state index contributed by atoms with van der Waals surface area (Å²) in [5, 5.41) is 21.4. The van der Waals surface area contributed by atoms with Crippen LogP contribution in [0.5, 0.6) is 0 Å². The number of hydrogen-bond donors (Lipinski definition) is 2. The number of carbonyl (C=O) groups excluding carboxylic acids is 5. The standard InChI is InChI=1S/C49H75NO11/c1-30-14-10-9-11-15-31(2)44(58-7)28-38-20-17-32(3)47(60-38)46(55)48(56)50-23-13-12-16-39(50)49(57)61-37(21-18-36-19-22-40(51)45(26-36)59-8)27-41(52)34(5)25-35(6)43(54)29-42(53)33(4)24-30/h9-11,14-15,25,30,32-34,36-40,43-45,47,51,54H,12-13,16-24,26-29H2,1-8H3/b11-9+,14-10+,31-15+,35-25+/t30-,32-,33-,34-,36-,37-,38?,39+,40-,43+,44+,45-,47?/m1/s1. The average molecular weight is 854 g/mol. The van der Waals surface area contributed by atoms with E-state index in [2.05, 4.69) is 0 Å². The first-order valence-electron chi connectivity index (χ1n) is 22.9. The lowest BCUT2D eigenvalue weighted by molar-refractivity contribution is -0.169. The Morgan fingerprint density at radius 1 is 0.787 bits per heavy atom. The van der Waals surface area contributed by atoms with Crippen molar-refractivity contribution in [3.8, 4) is 0 Å². The molecule has 1 amide bonds. The molecule has 0 aromatic rings. The SMILES string of the molecule is CO[C@H]1CC2CC[C@@H](C)C(O2)C(=O)C(=O)N2CCCC[C@H]2C(=O)O[C@H](CC[C@@H]2CC[C@@H](O)[C@H](OC)C2)CC(=O)[C@H](C)/C=C(\C)[C@@H](O)CC(=O)[C@H](C)C[C@H](C)/C=C/C=C/C=C/1C. The molecule has 13 atom stereocenters. The number of aliphatic hydroxyl groups is 2. The molecule has 342 valence electrons. The second-order valence-electron chi connectivity index (χ2n) is 18.6. The summed E-state index contributed by atoms with van der Waals surface area (Å²) >= 11 is 0. The number of rotatable bonds is 5. The number of ketones is 3. The number of piperidine rings is 1. The molecule has 61 heavy (non-hydrogen) atoms. The third kappa shape index (κ3) is 14.9. The van der Waals surface area contributed by atoms with Gasteiger partial charge in [-0.25, -0.2) is 4.79 Å². The molecule has 12 nitrogen and oxygen atoms in total. The van der Waals surface area contributed by atoms with Crippen molar-refractivity contribution in [2.75, 3.05) is 20.8 Å². The number of allylic oxidation sites excluding steroid dienone is 6. The number of hydrogen-bond acceptors (Lipinski definition) is 11. The van der Waals surface area contributed by atoms with E-state index in [-0.39, 0.29) is 72.9 Å². The number of amides is 1. The van der Waals surface area contributed by atoms with Crippen molar-refractivity contribution >= 4 is 29.2 Å². The Kier molecular flexibility index (Phi) is 20.2. The minimum absolute atomic E-state index is 0.0549. The van der Waals surface area contributed by atoms with Crippen LogP contribution in [0.15, 0.2) is 47.6 Å². The van der Waals surface area contributed by atoms with Gasteiger partial charge in [0.25, 0.3) is 5.91 Å². The molecule has 3 heterocycles. The minimum atomic E-state index is -1.05. The molecule has 4 aliphatic rings. The number of ether oxygens (including phenoxy) is 4. The van der Waals surface area contributed by atoms with Crippen LogP contribution in [0, 0.1) is 29.6 Å². The molecule has 0 aromatic heterocycles. The van der Waals surface area contributed by atoms with Gasteiger partial charge in [0.15, 0.2) is 0 Å². The maximum Gasteiger partial charge on any atom is 0.329 e. The van der Waals surface area contributed by atoms with Gasteiger partial charge in [0.2, 0.25) is 5.78 Å². The summed E-state index contributed by atoms with van der Waals surface area (Å²) in [6.07, 6.45) is 14.3. The molecule has 2 saturated heterocycles. The predicted molar refractivity (Wildman–Crippen MR) is 233 cm³/mol. The third-order valence-corrected chi connectivity index (χ3v) is 13.6. The Labute approximate surface area is 364 Å². The van der Waals surface area contributed by atoms with Crippen molar-refractivity contribution in [1.29, 1.82) is 0 Å². The molecule has 1 saturated carbocycles. The Morgan fingerprint density at radius 2 is 1.54 bits per heavy atom. The van der Waals surface area contributed by atoms with E-state index in [0.717, 1.165) is 12.0 Å². The quantitative estimate of drug-likeness (QED) is 0.166. The van der Waals surface area contributed by atoms with Crippen molar-refractivity contribution < 1.29 is 53.1 Å². The maximum absolute atomic E-state index is 14.1. The molecule has 3 aliphatic heterocycles. The zero-order chi connectivity index (χ0) is 44.8. The highest BCUT2D eigenvalue weighted by Gasteiger charge is 2.43. The molecular formula is C49H75NO11. The topological polar surface area (TPSA) is 166 Å². The molecular weight excluding hydrogens is 779 g/mol. The summed E-state index contributed by atoms with van der Waals surface area (Å²) in [6.45, 7) is 11.5. The van der Waals surface area contributed by atoms with Crippen LogP contribution in [-0.4, -0.2) is 114 Å². The van der Waals surface area contributed by atoms with Crippen LogP contribution in [0.1, 0.15) is 131 Å². The average Bonchev–Trinajstić information content (AvgIpc) is 3.24. The predicted octanol–water partition coefficient (Wildman–Crippen LogP) is 6.99. The van der Waals surface area contributed by atoms with Gasteiger partial charge < -0.3 is 34.1 Å². The van der Waals surface area contributed by atoms with E-state index in [0.29, 0.717) is 76.2 Å². The molecule has 0 radical (unpaired) electrons. The van der Waals surface area contributed by atoms with Crippen LogP contribution >= 0.6 is 0 Å². The van der Waals surface area contributed by atoms with Gasteiger partial charge in [-0.1, -0.05) is 64.2 Å². The number of Topliss-reactive ketones (excluding diaryl/α,β-unsaturated/α-hetero) is 3. The highest BCUT2D eigenvalue weighted by Crippen LogP contribution is 2.33. The zero-order valence-corrected chi connectivity index (χ0v) is 38.1. The lowest BCUT2D eigenvalue weighted by Gasteiger charge is -2.38. The number of carbonyl (C=O) groups is 5. The van der Waals surface area contributed by atoms with E-state index in [1.54, 1.807) is 34.1 Å². The van der Waals surface area contributed by atoms with Gasteiger partial charge in [-0.2, -0.15) is 0 Å². The second-order valence-corrected chi connectivity index (χ2v) is 18.6. The molecule has 2 unspecified atom stereocenters. The molecule has 0 aromatic carbocycles. The first-order chi connectivity index (χ1) is 29.0. The Bertz CT molecular complexity index is 1620. The summed E-state index contributed by atoms with van der Waals surface area (Å²) in [7, 11) is 3.22. The van der Waals surface area contributed by atoms with Crippen molar-refractivity contribution in [1.82, 2.24) is 4.90 Å². The van der Waals surface area contributed by atoms with E-state index in [1.807, 2.05) is 58.1 Å². The first kappa shape index (κ1) is 50.4. The normalized spacial score (nSPS) is 39.3. The number of aliphatic hydroxyl groups excluding tert-OH is 2. The number of methoxy groups -OCH3 is 2. The Hall–Kier alpha value is -3.29. The fraction of sp³-hybridized carbons (Fsp3) is 0.735. The van der Waals surface area contributed by atoms with Crippen LogP contribution in [0.4, 0.5) is 0 Å². The lowest BCUT2D eigenvalue weighted by atomic mass is 9.81. The Balaban J connectivity index is 1.61. The van der Waals surface area contributed by atoms with Crippen LogP contribution in [0.3, 0.4) is 0 Å². The maximum atomic E-state index is 14.1. The number of nitrogens with zero attached hydrogens (tertiary/aromatic N) is 1. The van der Waals surface area contributed by atoms with Gasteiger partial charge >= 0.3 is 5.97 Å². The molecule has 3 fully saturated rings. The van der Waals surface area contributed by atoms with Gasteiger partial charge in [-0.05, 0) is 113 Å². The van der Waals surface area contributed by atoms with E-state index >= 15 is 0 Å². The highest BCUT2D eigenvalue weighted by molar-refractivity contribution is 6.38. The summed E-state index contributed by atoms with van der Waals surface area (Å²) in [5.74, 6) is -3.11. The fourth-order valence-corrected chi connectivity index (χ4v) is 9.43. The van der Waals surface area contributed by atoms with E-state index in [1.165, 1.54) is 4.90 Å². The molecule has 0 spiro atoms. The summed E-state index contributed by atoms with van der Waals surface area (Å²) in [4.78, 5) is 70.7. The van der Waals surface area contributed by atoms with Crippen molar-refractivity contribution in [2.24, 2.45) is 29.6 Å². The summed E-state index contributed by atoms with van der Waals surface area (Å²) < 4.78 is 23.9. The van der Waals surface area contributed by atoms with E-state index in [9.17, 15) is 34.2 Å². The van der Waals surface area contributed by atoms with Crippen molar-refractivity contribution in [2.45, 2.75) is 180 Å². The van der Waals surface area contributed by atoms with E-state index in [4.69, 9.17) is 18.9 Å². The van der Waals surface area contributed by atoms with Crippen molar-refractivity contribution in [3.05, 3.63) is 47.6 Å². The third-order valence-electron chi connectivity index (χ3n) is 13.6. The zero-order valence-electron chi connectivity index (χ0n) is 38.1. The number of cyclic esters (lactones) is 1. The van der Waals surface area contributed by atoms with Crippen molar-refractivity contribution in [3.63, 3.8) is 0 Å².